The lowest BCUT2D eigenvalue weighted by molar-refractivity contribution is -0.660. The van der Waals surface area contributed by atoms with Crippen LogP contribution in [0.1, 0.15) is 194 Å². The second-order valence-corrected chi connectivity index (χ2v) is 37.3. The lowest BCUT2D eigenvalue weighted by Crippen LogP contribution is -2.31. The fraction of sp³-hybridized carbons (Fsp3) is 0.196. The molecule has 0 aliphatic carbocycles. The van der Waals surface area contributed by atoms with Gasteiger partial charge in [0.1, 0.15) is 35.2 Å². The molecule has 0 aliphatic rings. The van der Waals surface area contributed by atoms with Gasteiger partial charge in [0.05, 0.1) is 0 Å². The Hall–Kier alpha value is -16.0. The third-order valence-electron chi connectivity index (χ3n) is 26.8. The van der Waals surface area contributed by atoms with E-state index in [0.29, 0.717) is 117 Å². The third kappa shape index (κ3) is 23.1. The van der Waals surface area contributed by atoms with E-state index < -0.39 is 110 Å². The lowest BCUT2D eigenvalue weighted by atomic mass is 9.90. The minimum atomic E-state index is -2.74. The molecule has 5 heterocycles. The lowest BCUT2D eigenvalue weighted by Gasteiger charge is -2.15. The summed E-state index contributed by atoms with van der Waals surface area (Å²) < 4.78 is 398. The van der Waals surface area contributed by atoms with E-state index in [4.69, 9.17) is 65.8 Å². The van der Waals surface area contributed by atoms with Crippen molar-refractivity contribution in [1.29, 1.82) is 0 Å². The van der Waals surface area contributed by atoms with Crippen molar-refractivity contribution in [3.8, 4) is 168 Å². The van der Waals surface area contributed by atoms with Crippen LogP contribution in [-0.2, 0) is 35.2 Å². The van der Waals surface area contributed by atoms with Crippen LogP contribution >= 0.6 is 0 Å². The highest BCUT2D eigenvalue weighted by molar-refractivity contribution is 5.86. The van der Waals surface area contributed by atoms with Crippen molar-refractivity contribution in [2.24, 2.45) is 35.2 Å². The zero-order valence-corrected chi connectivity index (χ0v) is 84.5. The number of pyridine rings is 5. The van der Waals surface area contributed by atoms with Crippen LogP contribution in [0.2, 0.25) is 0 Å². The van der Waals surface area contributed by atoms with Gasteiger partial charge >= 0.3 is 0 Å². The largest absolute Gasteiger partial charge is 0.213 e. The third-order valence-corrected chi connectivity index (χ3v) is 26.8. The summed E-state index contributed by atoms with van der Waals surface area (Å²) in [5.74, 6) is 0. The molecule has 0 fully saturated rings. The topological polar surface area (TPSA) is 19.4 Å². The van der Waals surface area contributed by atoms with Crippen molar-refractivity contribution in [3.63, 3.8) is 0 Å². The van der Waals surface area contributed by atoms with Crippen molar-refractivity contribution in [2.75, 3.05) is 0 Å². The number of rotatable bonds is 15. The van der Waals surface area contributed by atoms with Crippen molar-refractivity contribution < 1.29 is 88.6 Å². The van der Waals surface area contributed by atoms with E-state index in [9.17, 15) is 0 Å². The van der Waals surface area contributed by atoms with E-state index in [1.165, 1.54) is 73.3 Å². The first-order valence-corrected chi connectivity index (χ1v) is 48.2. The first kappa shape index (κ1) is 59.6. The minimum Gasteiger partial charge on any atom is -0.201 e. The van der Waals surface area contributed by atoms with E-state index in [0.717, 1.165) is 66.9 Å². The Morgan fingerprint density at radius 3 is 0.784 bits per heavy atom. The van der Waals surface area contributed by atoms with E-state index in [2.05, 4.69) is 6.07 Å². The maximum absolute atomic E-state index is 8.29. The van der Waals surface area contributed by atoms with Gasteiger partial charge in [-0.25, -0.2) is 22.8 Å². The molecule has 0 amide bonds. The van der Waals surface area contributed by atoms with Gasteiger partial charge in [-0.05, 0) is 394 Å². The van der Waals surface area contributed by atoms with Gasteiger partial charge in [-0.15, -0.1) is 0 Å². The number of nitrogens with zero attached hydrogens (tertiary/aromatic N) is 5. The van der Waals surface area contributed by atoms with Crippen LogP contribution in [0.3, 0.4) is 0 Å². The van der Waals surface area contributed by atoms with Gasteiger partial charge in [-0.1, -0.05) is 290 Å². The highest BCUT2D eigenvalue weighted by atomic mass is 14.9. The second-order valence-electron chi connectivity index (χ2n) is 37.3. The fourth-order valence-corrected chi connectivity index (χ4v) is 18.8. The van der Waals surface area contributed by atoms with Crippen LogP contribution in [0.15, 0.2) is 377 Å². The summed E-state index contributed by atoms with van der Waals surface area (Å²) in [4.78, 5) is 0. The zero-order valence-electron chi connectivity index (χ0n) is 133. The molecular weight excluding hydrogens is 1790 g/mol. The monoisotopic (exact) mass is 1980 g/mol. The summed E-state index contributed by atoms with van der Waals surface area (Å²) in [6.45, 7) is -27.4. The SMILES string of the molecule is [2H]C([2H])([2H])c1ccccc1-c1cc(-c2cc(-c3ccccc3)cc[n+]2C)c(C)cc1C([2H])([2H])[2H].[2H]C([2H])([2H])c1ccccc1-c1ccc(C)c(-c2cc(-c3c(C([2H])([2H])[2H])cc(C)cc3C([2H])([2H])[2H])c(C([2H])([2H])[2H])c[n+]2C)c1.[2H]C([2H])([2H])c1ccccc1-c1ccc(C)c(-c2cc(-c3c(C([2H])([2H])[2H])cccc3C([2H])([2H])[2H])c(C([2H])([2H])[2H])c[n+]2C)c1.[2H]C([2H])([2H])c1ccccc1-c1ccc(C)c(-c2cc(-c3ccc(C)cc3C([2H])([2H])[2H])c(C([2H])([2H])[2H])c[n+]2C)c1.[2H]C([2H])([2H])c1ccccc1-c1ccc(C)c(-c2cc(-c3ccccc3C([2H])([2H])[2H])c(C([2H])([2H])[2H])c[n+]2C)c1. The molecule has 20 aromatic rings. The molecule has 0 atom stereocenters. The maximum atomic E-state index is 8.29. The molecule has 0 saturated heterocycles. The number of benzene rings is 15. The molecule has 738 valence electrons. The molecule has 0 aliphatic heterocycles. The molecule has 0 radical (unpaired) electrons. The van der Waals surface area contributed by atoms with Gasteiger partial charge in [-0.2, -0.15) is 0 Å². The van der Waals surface area contributed by atoms with Crippen LogP contribution < -0.4 is 22.8 Å². The van der Waals surface area contributed by atoms with Crippen LogP contribution in [-0.4, -0.2) is 0 Å². The smallest absolute Gasteiger partial charge is 0.201 e. The average Bonchev–Trinajstić information content (AvgIpc) is 0.728. The number of aryl methyl sites for hydroxylation is 28. The van der Waals surface area contributed by atoms with Gasteiger partial charge in [0, 0.05) is 152 Å². The molecule has 0 unspecified atom stereocenters. The molecule has 5 nitrogen and oxygen atoms in total. The summed E-state index contributed by atoms with van der Waals surface area (Å²) in [5, 5.41) is 0. The molecule has 5 aromatic heterocycles. The summed E-state index contributed by atoms with van der Waals surface area (Å²) >= 11 is 0. The van der Waals surface area contributed by atoms with Gasteiger partial charge in [0.15, 0.2) is 31.0 Å². The summed E-state index contributed by atoms with van der Waals surface area (Å²) in [6.07, 6.45) is 7.79. The predicted molar refractivity (Wildman–Crippen MR) is 629 cm³/mol. The number of hydrogen-bond donors (Lipinski definition) is 0. The van der Waals surface area contributed by atoms with E-state index in [1.807, 2.05) is 143 Å². The normalized spacial score (nSPS) is 17.1. The standard InChI is InChI=1S/C30H32N.2C29H30N.C28H28N.C27H26N/c1-19-14-22(4)30(23(5)15-19)28-17-29(31(7)18-24(28)6)27-16-25(13-12-21(27)3)26-11-9-8-10-20(26)2;1-19-10-7-8-13-25(19)24-15-14-20(2)26(16-24)28-17-27(23(5)18-30(28)6)29-21(3)11-9-12-22(29)4;1-19-11-14-26(22(4)15-19)27-17-29(30(6)18-23(27)5)28-16-24(13-12-21(28)3)25-10-8-7-9-20(25)2;1-19-10-6-8-12-24(19)23-15-14-21(3)27(16-23)28-17-26(22(4)18-29(28)5)25-13-9-7-11-20(25)2;1-19-10-8-9-13-24(19)25-18-26(21(3)16-20(25)2)27-17-23(14-15-28(27)4)22-11-6-5-7-12-22/h8-18H,1-7H3;2*7-18H,1-6H3;6-18H,1-5H3;5-18H,1-4H3/q5*+1/i2D3,4D3,5D3,6D3;1D3,3D3,4D3,5D3;2D3,4D3,5D3;1D3,2D3,4D3;1D3,2D3. The highest BCUT2D eigenvalue weighted by Crippen LogP contribution is 2.43. The van der Waals surface area contributed by atoms with Crippen molar-refractivity contribution in [3.05, 3.63) is 505 Å². The van der Waals surface area contributed by atoms with E-state index in [1.54, 1.807) is 260 Å². The fourth-order valence-electron chi connectivity index (χ4n) is 18.8. The molecule has 148 heavy (non-hydrogen) atoms. The van der Waals surface area contributed by atoms with Crippen LogP contribution in [0.4, 0.5) is 0 Å². The summed E-state index contributed by atoms with van der Waals surface area (Å²) in [7, 11) is 8.74. The molecule has 0 spiro atoms. The molecule has 0 N–H and O–H groups in total. The first-order valence-electron chi connectivity index (χ1n) is 72.2. The van der Waals surface area contributed by atoms with E-state index >= 15 is 0 Å². The highest BCUT2D eigenvalue weighted by Gasteiger charge is 2.27. The predicted octanol–water partition coefficient (Wildman–Crippen LogP) is 34.7. The Balaban J connectivity index is 0.000000167. The molecule has 5 heteroatoms. The summed E-state index contributed by atoms with van der Waals surface area (Å²) in [6, 6.07) is 98.2. The Morgan fingerprint density at radius 1 is 0.142 bits per heavy atom. The van der Waals surface area contributed by atoms with Crippen molar-refractivity contribution in [2.45, 2.75) is 158 Å². The molecule has 0 saturated carbocycles. The summed E-state index contributed by atoms with van der Waals surface area (Å²) in [5.41, 5.74) is 21.0. The molecule has 0 bridgehead atoms. The average molecular weight is 1980 g/mol. The first-order chi connectivity index (χ1) is 90.3. The van der Waals surface area contributed by atoms with Crippen molar-refractivity contribution in [1.82, 2.24) is 0 Å². The second kappa shape index (κ2) is 45.8. The number of hydrogen-bond acceptors (Lipinski definition) is 0. The molecule has 15 aromatic carbocycles. The Labute approximate surface area is 950 Å². The Kier molecular flexibility index (Phi) is 18.4. The number of aromatic nitrogens is 5. The maximum Gasteiger partial charge on any atom is 0.213 e. The van der Waals surface area contributed by atoms with Crippen LogP contribution in [0.5, 0.6) is 0 Å². The molecule has 20 rings (SSSR count). The van der Waals surface area contributed by atoms with Gasteiger partial charge < -0.3 is 0 Å². The Bertz CT molecular complexity index is 10400. The van der Waals surface area contributed by atoms with E-state index in [-0.39, 0.29) is 111 Å². The van der Waals surface area contributed by atoms with Crippen LogP contribution in [0, 0.1) is 158 Å². The van der Waals surface area contributed by atoms with Gasteiger partial charge in [0.2, 0.25) is 28.5 Å². The molecular formula is C143H146N5+5. The zero-order chi connectivity index (χ0) is 145. The van der Waals surface area contributed by atoms with Gasteiger partial charge in [0.25, 0.3) is 0 Å². The van der Waals surface area contributed by atoms with Crippen LogP contribution in [0.25, 0.3) is 168 Å². The minimum absolute atomic E-state index is 0.0157. The Morgan fingerprint density at radius 2 is 0.419 bits per heavy atom. The van der Waals surface area contributed by atoms with Gasteiger partial charge in [-0.3, -0.25) is 0 Å². The van der Waals surface area contributed by atoms with Crippen molar-refractivity contribution >= 4 is 0 Å². The quantitative estimate of drug-likeness (QED) is 0.0912.